The van der Waals surface area contributed by atoms with Crippen LogP contribution in [0.5, 0.6) is 5.75 Å². The van der Waals surface area contributed by atoms with Gasteiger partial charge in [-0.3, -0.25) is 0 Å². The molecule has 1 rings (SSSR count). The molecule has 0 aliphatic heterocycles. The van der Waals surface area contributed by atoms with Crippen molar-refractivity contribution in [2.24, 2.45) is 0 Å². The second-order valence-electron chi connectivity index (χ2n) is 2.99. The normalized spacial score (nSPS) is 11.4. The molecular weight excluding hydrogens is 265 g/mol. The molecule has 0 atom stereocenters. The molecule has 0 aromatic carbocycles. The number of pyridine rings is 1. The Morgan fingerprint density at radius 1 is 1.59 bits per heavy atom. The molecule has 0 aliphatic rings. The smallest absolute Gasteiger partial charge is 0.401 e. The summed E-state index contributed by atoms with van der Waals surface area (Å²) in [6.45, 7) is 1.24. The second-order valence-corrected chi connectivity index (χ2v) is 3.26. The Morgan fingerprint density at radius 2 is 2.18 bits per heavy atom. The lowest BCUT2D eigenvalue weighted by Gasteiger charge is -2.11. The molecule has 1 aromatic rings. The van der Waals surface area contributed by atoms with Gasteiger partial charge in [-0.2, -0.15) is 0 Å². The number of alkyl halides is 4. The van der Waals surface area contributed by atoms with Crippen molar-refractivity contribution in [3.8, 4) is 5.75 Å². The summed E-state index contributed by atoms with van der Waals surface area (Å²) in [5, 5.41) is 10.6. The molecule has 0 bridgehead atoms. The minimum Gasteiger partial charge on any atom is -0.401 e. The van der Waals surface area contributed by atoms with Gasteiger partial charge in [0.2, 0.25) is 0 Å². The highest BCUT2D eigenvalue weighted by Gasteiger charge is 2.34. The van der Waals surface area contributed by atoms with Crippen LogP contribution in [0.3, 0.4) is 0 Å². The molecule has 94 valence electrons. The number of nitro groups is 1. The van der Waals surface area contributed by atoms with Crippen LogP contribution in [0.4, 0.5) is 19.0 Å². The Morgan fingerprint density at radius 3 is 2.59 bits per heavy atom. The van der Waals surface area contributed by atoms with Gasteiger partial charge in [-0.1, -0.05) is 0 Å². The maximum absolute atomic E-state index is 12.0. The van der Waals surface area contributed by atoms with E-state index in [1.807, 2.05) is 0 Å². The fraction of sp³-hybridized carbons (Fsp3) is 0.375. The van der Waals surface area contributed by atoms with E-state index in [1.54, 1.807) is 0 Å². The summed E-state index contributed by atoms with van der Waals surface area (Å²) >= 11 is 5.44. The molecule has 9 heteroatoms. The summed E-state index contributed by atoms with van der Waals surface area (Å²) in [7, 11) is 0. The summed E-state index contributed by atoms with van der Waals surface area (Å²) in [6.07, 6.45) is -4.23. The van der Waals surface area contributed by atoms with E-state index >= 15 is 0 Å². The van der Waals surface area contributed by atoms with Gasteiger partial charge in [0.25, 0.3) is 0 Å². The highest BCUT2D eigenvalue weighted by molar-refractivity contribution is 6.17. The molecule has 17 heavy (non-hydrogen) atoms. The van der Waals surface area contributed by atoms with Crippen LogP contribution in [0.25, 0.3) is 0 Å². The van der Waals surface area contributed by atoms with Crippen molar-refractivity contribution in [3.05, 3.63) is 27.4 Å². The van der Waals surface area contributed by atoms with E-state index in [-0.39, 0.29) is 17.0 Å². The first-order chi connectivity index (χ1) is 7.76. The molecule has 0 unspecified atom stereocenters. The molecule has 0 N–H and O–H groups in total. The third kappa shape index (κ3) is 3.19. The zero-order chi connectivity index (χ0) is 13.2. The monoisotopic (exact) mass is 270 g/mol. The number of halogens is 4. The molecule has 1 aromatic heterocycles. The van der Waals surface area contributed by atoms with Crippen LogP contribution in [-0.4, -0.2) is 16.3 Å². The van der Waals surface area contributed by atoms with Crippen molar-refractivity contribution in [2.75, 3.05) is 0 Å². The third-order valence-electron chi connectivity index (χ3n) is 1.93. The van der Waals surface area contributed by atoms with Gasteiger partial charge in [-0.25, -0.2) is 0 Å². The molecule has 1 heterocycles. The van der Waals surface area contributed by atoms with Crippen LogP contribution in [0.2, 0.25) is 0 Å². The minimum atomic E-state index is -4.88. The SMILES string of the molecule is Cc1c(OC(F)(F)F)cnc([N+](=O)[O-])c1CCl. The Balaban J connectivity index is 3.25. The number of nitrogens with zero attached hydrogens (tertiary/aromatic N) is 2. The third-order valence-corrected chi connectivity index (χ3v) is 2.20. The van der Waals surface area contributed by atoms with E-state index in [2.05, 4.69) is 9.72 Å². The first-order valence-electron chi connectivity index (χ1n) is 4.21. The van der Waals surface area contributed by atoms with Crippen molar-refractivity contribution in [1.82, 2.24) is 4.98 Å². The van der Waals surface area contributed by atoms with E-state index in [9.17, 15) is 23.3 Å². The summed E-state index contributed by atoms with van der Waals surface area (Å²) < 4.78 is 39.7. The molecule has 0 radical (unpaired) electrons. The van der Waals surface area contributed by atoms with Crippen LogP contribution >= 0.6 is 11.6 Å². The number of ether oxygens (including phenoxy) is 1. The van der Waals surface area contributed by atoms with Crippen molar-refractivity contribution in [1.29, 1.82) is 0 Å². The van der Waals surface area contributed by atoms with Gasteiger partial charge in [-0.05, 0) is 16.8 Å². The summed E-state index contributed by atoms with van der Waals surface area (Å²) in [4.78, 5) is 13.0. The topological polar surface area (TPSA) is 65.3 Å². The zero-order valence-corrected chi connectivity index (χ0v) is 9.17. The van der Waals surface area contributed by atoms with E-state index in [1.165, 1.54) is 6.92 Å². The number of aromatic nitrogens is 1. The first kappa shape index (κ1) is 13.5. The first-order valence-corrected chi connectivity index (χ1v) is 4.74. The maximum atomic E-state index is 12.0. The largest absolute Gasteiger partial charge is 0.573 e. The lowest BCUT2D eigenvalue weighted by molar-refractivity contribution is -0.390. The summed E-state index contributed by atoms with van der Waals surface area (Å²) in [5.41, 5.74) is -0.155. The highest BCUT2D eigenvalue weighted by atomic mass is 35.5. The Labute approximate surface area is 98.3 Å². The number of hydrogen-bond donors (Lipinski definition) is 0. The average Bonchev–Trinajstić information content (AvgIpc) is 2.18. The Bertz CT molecular complexity index is 450. The van der Waals surface area contributed by atoms with Crippen molar-refractivity contribution < 1.29 is 22.8 Å². The number of hydrogen-bond acceptors (Lipinski definition) is 4. The molecule has 0 saturated carbocycles. The van der Waals surface area contributed by atoms with Crippen LogP contribution < -0.4 is 4.74 Å². The molecular formula is C8H6ClF3N2O3. The fourth-order valence-corrected chi connectivity index (χ4v) is 1.48. The van der Waals surface area contributed by atoms with Crippen molar-refractivity contribution in [2.45, 2.75) is 19.2 Å². The van der Waals surface area contributed by atoms with E-state index in [0.717, 1.165) is 0 Å². The van der Waals surface area contributed by atoms with Gasteiger partial charge >= 0.3 is 12.2 Å². The van der Waals surface area contributed by atoms with Gasteiger partial charge in [0.05, 0.1) is 11.4 Å². The standard InChI is InChI=1S/C8H6ClF3N2O3/c1-4-5(2-9)7(14(15)16)13-3-6(4)17-8(10,11)12/h3H,2H2,1H3. The Kier molecular flexibility index (Phi) is 3.76. The second kappa shape index (κ2) is 4.74. The minimum absolute atomic E-state index is 0.0565. The van der Waals surface area contributed by atoms with Gasteiger partial charge in [0, 0.05) is 5.56 Å². The summed E-state index contributed by atoms with van der Waals surface area (Å²) in [5.74, 6) is -1.50. The van der Waals surface area contributed by atoms with Gasteiger partial charge < -0.3 is 14.9 Å². The zero-order valence-electron chi connectivity index (χ0n) is 8.42. The van der Waals surface area contributed by atoms with Gasteiger partial charge in [-0.15, -0.1) is 24.8 Å². The van der Waals surface area contributed by atoms with Crippen LogP contribution in [0, 0.1) is 17.0 Å². The van der Waals surface area contributed by atoms with Gasteiger partial charge in [0.15, 0.2) is 11.9 Å². The molecule has 5 nitrogen and oxygen atoms in total. The number of rotatable bonds is 3. The van der Waals surface area contributed by atoms with Gasteiger partial charge in [0.1, 0.15) is 0 Å². The van der Waals surface area contributed by atoms with Crippen LogP contribution in [-0.2, 0) is 5.88 Å². The molecule has 0 saturated heterocycles. The molecule has 0 amide bonds. The average molecular weight is 271 g/mol. The van der Waals surface area contributed by atoms with Crippen LogP contribution in [0.1, 0.15) is 11.1 Å². The Hall–Kier alpha value is -1.57. The predicted octanol–water partition coefficient (Wildman–Crippen LogP) is 2.94. The fourth-order valence-electron chi connectivity index (χ4n) is 1.16. The van der Waals surface area contributed by atoms with Crippen LogP contribution in [0.15, 0.2) is 6.20 Å². The van der Waals surface area contributed by atoms with E-state index < -0.39 is 22.9 Å². The highest BCUT2D eigenvalue weighted by Crippen LogP contribution is 2.31. The predicted molar refractivity (Wildman–Crippen MR) is 51.9 cm³/mol. The lowest BCUT2D eigenvalue weighted by atomic mass is 10.1. The van der Waals surface area contributed by atoms with Crippen molar-refractivity contribution in [3.63, 3.8) is 0 Å². The molecule has 0 aliphatic carbocycles. The maximum Gasteiger partial charge on any atom is 0.573 e. The molecule has 0 fully saturated rings. The quantitative estimate of drug-likeness (QED) is 0.481. The summed E-state index contributed by atoms with van der Waals surface area (Å²) in [6, 6.07) is 0. The lowest BCUT2D eigenvalue weighted by Crippen LogP contribution is -2.18. The van der Waals surface area contributed by atoms with Crippen molar-refractivity contribution >= 4 is 17.4 Å². The molecule has 0 spiro atoms. The van der Waals surface area contributed by atoms with E-state index in [0.29, 0.717) is 6.20 Å². The van der Waals surface area contributed by atoms with E-state index in [4.69, 9.17) is 11.6 Å².